The Morgan fingerprint density at radius 1 is 1.15 bits per heavy atom. The second-order valence-corrected chi connectivity index (χ2v) is 5.29. The van der Waals surface area contributed by atoms with E-state index < -0.39 is 23.9 Å². The Kier molecular flexibility index (Phi) is 4.65. The van der Waals surface area contributed by atoms with Crippen LogP contribution < -0.4 is 0 Å². The average Bonchev–Trinajstić information content (AvgIpc) is 2.46. The zero-order valence-electron chi connectivity index (χ0n) is 11.0. The molecule has 20 heavy (non-hydrogen) atoms. The average molecular weight is 289 g/mol. The lowest BCUT2D eigenvalue weighted by Gasteiger charge is -2.30. The number of rotatable bonds is 3. The van der Waals surface area contributed by atoms with Crippen molar-refractivity contribution in [3.63, 3.8) is 0 Å². The third kappa shape index (κ3) is 3.30. The Morgan fingerprint density at radius 3 is 2.40 bits per heavy atom. The smallest absolute Gasteiger partial charge is 0.390 e. The molecule has 1 saturated carbocycles. The van der Waals surface area contributed by atoms with Crippen molar-refractivity contribution in [2.24, 2.45) is 5.92 Å². The van der Waals surface area contributed by atoms with E-state index in [-0.39, 0.29) is 11.5 Å². The van der Waals surface area contributed by atoms with Crippen molar-refractivity contribution in [1.29, 1.82) is 0 Å². The van der Waals surface area contributed by atoms with Crippen LogP contribution in [-0.4, -0.2) is 21.3 Å². The molecule has 0 amide bonds. The van der Waals surface area contributed by atoms with Gasteiger partial charge in [0.2, 0.25) is 0 Å². The lowest BCUT2D eigenvalue weighted by atomic mass is 9.81. The Balaban J connectivity index is 2.22. The first-order valence-electron chi connectivity index (χ1n) is 6.78. The Bertz CT molecular complexity index is 444. The number of hydrogen-bond acceptors (Lipinski definition) is 3. The van der Waals surface area contributed by atoms with Crippen molar-refractivity contribution in [3.8, 4) is 0 Å². The molecule has 1 aromatic heterocycles. The third-order valence-electron chi connectivity index (χ3n) is 3.93. The van der Waals surface area contributed by atoms with Gasteiger partial charge in [-0.15, -0.1) is 0 Å². The molecule has 2 N–H and O–H groups in total. The summed E-state index contributed by atoms with van der Waals surface area (Å²) in [5.41, 5.74) is -1.28. The Hall–Kier alpha value is -1.14. The van der Waals surface area contributed by atoms with Crippen LogP contribution in [0, 0.1) is 5.92 Å². The minimum absolute atomic E-state index is 0.153. The predicted octanol–water partition coefficient (Wildman–Crippen LogP) is 3.08. The zero-order valence-corrected chi connectivity index (χ0v) is 11.0. The topological polar surface area (TPSA) is 53.4 Å². The zero-order chi connectivity index (χ0) is 14.8. The minimum Gasteiger partial charge on any atom is -0.390 e. The van der Waals surface area contributed by atoms with Gasteiger partial charge in [0.05, 0.1) is 11.7 Å². The quantitative estimate of drug-likeness (QED) is 0.899. The summed E-state index contributed by atoms with van der Waals surface area (Å²) >= 11 is 0. The fourth-order valence-electron chi connectivity index (χ4n) is 2.82. The lowest BCUT2D eigenvalue weighted by molar-refractivity contribution is -0.140. The molecular weight excluding hydrogens is 271 g/mol. The highest BCUT2D eigenvalue weighted by atomic mass is 19.4. The van der Waals surface area contributed by atoms with Gasteiger partial charge in [-0.2, -0.15) is 13.2 Å². The van der Waals surface area contributed by atoms with Crippen LogP contribution in [-0.2, 0) is 6.18 Å². The van der Waals surface area contributed by atoms with E-state index in [1.54, 1.807) is 0 Å². The van der Waals surface area contributed by atoms with Crippen LogP contribution in [0.15, 0.2) is 18.5 Å². The van der Waals surface area contributed by atoms with E-state index in [0.717, 1.165) is 50.6 Å². The van der Waals surface area contributed by atoms with Crippen LogP contribution in [0.2, 0.25) is 0 Å². The molecule has 2 atom stereocenters. The molecule has 1 aliphatic rings. The summed E-state index contributed by atoms with van der Waals surface area (Å²) < 4.78 is 38.7. The monoisotopic (exact) mass is 289 g/mol. The summed E-state index contributed by atoms with van der Waals surface area (Å²) in [5, 5.41) is 20.2. The molecule has 0 bridgehead atoms. The maximum Gasteiger partial charge on any atom is 0.416 e. The molecule has 1 fully saturated rings. The van der Waals surface area contributed by atoms with Crippen molar-refractivity contribution in [2.45, 2.75) is 50.5 Å². The van der Waals surface area contributed by atoms with Gasteiger partial charge >= 0.3 is 6.18 Å². The SMILES string of the molecule is OC(c1cnccc1C(F)(F)F)C(O)C1CCCCC1. The number of aromatic nitrogens is 1. The molecule has 0 spiro atoms. The highest BCUT2D eigenvalue weighted by Gasteiger charge is 2.38. The fraction of sp³-hybridized carbons (Fsp3) is 0.643. The number of aliphatic hydroxyl groups is 2. The van der Waals surface area contributed by atoms with Crippen LogP contribution in [0.3, 0.4) is 0 Å². The summed E-state index contributed by atoms with van der Waals surface area (Å²) in [6.45, 7) is 0. The maximum atomic E-state index is 12.9. The first-order valence-corrected chi connectivity index (χ1v) is 6.78. The molecule has 112 valence electrons. The van der Waals surface area contributed by atoms with E-state index in [1.807, 2.05) is 0 Å². The number of hydrogen-bond donors (Lipinski definition) is 2. The van der Waals surface area contributed by atoms with Gasteiger partial charge in [-0.05, 0) is 24.8 Å². The van der Waals surface area contributed by atoms with Gasteiger partial charge in [-0.1, -0.05) is 19.3 Å². The van der Waals surface area contributed by atoms with Crippen LogP contribution in [0.4, 0.5) is 13.2 Å². The lowest BCUT2D eigenvalue weighted by Crippen LogP contribution is -2.30. The van der Waals surface area contributed by atoms with E-state index in [4.69, 9.17) is 0 Å². The minimum atomic E-state index is -4.56. The number of aliphatic hydroxyl groups excluding tert-OH is 2. The molecule has 0 aliphatic heterocycles. The molecule has 1 aromatic rings. The molecule has 2 rings (SSSR count). The van der Waals surface area contributed by atoms with Gasteiger partial charge in [0.25, 0.3) is 0 Å². The van der Waals surface area contributed by atoms with Crippen molar-refractivity contribution in [1.82, 2.24) is 4.98 Å². The summed E-state index contributed by atoms with van der Waals surface area (Å²) in [6.07, 6.45) is -0.859. The molecule has 0 radical (unpaired) electrons. The molecule has 1 heterocycles. The fourth-order valence-corrected chi connectivity index (χ4v) is 2.82. The van der Waals surface area contributed by atoms with E-state index >= 15 is 0 Å². The first-order chi connectivity index (χ1) is 9.41. The first kappa shape index (κ1) is 15.3. The summed E-state index contributed by atoms with van der Waals surface area (Å²) in [5.74, 6) is -0.153. The highest BCUT2D eigenvalue weighted by molar-refractivity contribution is 5.29. The second kappa shape index (κ2) is 6.10. The van der Waals surface area contributed by atoms with Crippen LogP contribution in [0.1, 0.15) is 49.3 Å². The Morgan fingerprint density at radius 2 is 1.80 bits per heavy atom. The van der Waals surface area contributed by atoms with Crippen molar-refractivity contribution in [2.75, 3.05) is 0 Å². The van der Waals surface area contributed by atoms with E-state index in [9.17, 15) is 23.4 Å². The van der Waals surface area contributed by atoms with Gasteiger partial charge in [0, 0.05) is 18.0 Å². The number of halogens is 3. The van der Waals surface area contributed by atoms with Crippen molar-refractivity contribution < 1.29 is 23.4 Å². The molecule has 3 nitrogen and oxygen atoms in total. The Labute approximate surface area is 115 Å². The van der Waals surface area contributed by atoms with Gasteiger partial charge in [-0.25, -0.2) is 0 Å². The predicted molar refractivity (Wildman–Crippen MR) is 66.8 cm³/mol. The van der Waals surface area contributed by atoms with E-state index in [1.165, 1.54) is 0 Å². The largest absolute Gasteiger partial charge is 0.416 e. The van der Waals surface area contributed by atoms with Gasteiger partial charge in [-0.3, -0.25) is 4.98 Å². The van der Waals surface area contributed by atoms with Crippen molar-refractivity contribution >= 4 is 0 Å². The normalized spacial score (nSPS) is 20.6. The molecular formula is C14H18F3NO2. The van der Waals surface area contributed by atoms with Gasteiger partial charge < -0.3 is 10.2 Å². The maximum absolute atomic E-state index is 12.9. The highest BCUT2D eigenvalue weighted by Crippen LogP contribution is 2.38. The molecule has 0 saturated heterocycles. The number of nitrogens with zero attached hydrogens (tertiary/aromatic N) is 1. The van der Waals surface area contributed by atoms with Gasteiger partial charge in [0.15, 0.2) is 0 Å². The second-order valence-electron chi connectivity index (χ2n) is 5.29. The standard InChI is InChI=1S/C14H18F3NO2/c15-14(16,17)11-6-7-18-8-10(11)13(20)12(19)9-4-2-1-3-5-9/h6-9,12-13,19-20H,1-5H2. The van der Waals surface area contributed by atoms with E-state index in [0.29, 0.717) is 0 Å². The molecule has 0 aromatic carbocycles. The third-order valence-corrected chi connectivity index (χ3v) is 3.93. The number of pyridine rings is 1. The molecule has 6 heteroatoms. The van der Waals surface area contributed by atoms with Crippen LogP contribution in [0.25, 0.3) is 0 Å². The molecule has 2 unspecified atom stereocenters. The summed E-state index contributed by atoms with van der Waals surface area (Å²) in [7, 11) is 0. The number of alkyl halides is 3. The van der Waals surface area contributed by atoms with Crippen molar-refractivity contribution in [3.05, 3.63) is 29.6 Å². The van der Waals surface area contributed by atoms with Crippen LogP contribution >= 0.6 is 0 Å². The van der Waals surface area contributed by atoms with Gasteiger partial charge in [0.1, 0.15) is 6.10 Å². The summed E-state index contributed by atoms with van der Waals surface area (Å²) in [4.78, 5) is 3.64. The summed E-state index contributed by atoms with van der Waals surface area (Å²) in [6, 6.07) is 0.826. The molecule has 1 aliphatic carbocycles. The van der Waals surface area contributed by atoms with Crippen LogP contribution in [0.5, 0.6) is 0 Å². The van der Waals surface area contributed by atoms with E-state index in [2.05, 4.69) is 4.98 Å².